The number of carbonyl (C=O) groups is 4. The second-order valence-corrected chi connectivity index (χ2v) is 12.6. The minimum Gasteiger partial charge on any atom is -0.393 e. The van der Waals surface area contributed by atoms with Crippen LogP contribution in [0.1, 0.15) is 82.8 Å². The summed E-state index contributed by atoms with van der Waals surface area (Å²) in [4.78, 5) is 50.6. The fourth-order valence-corrected chi connectivity index (χ4v) is 5.27. The van der Waals surface area contributed by atoms with Crippen molar-refractivity contribution in [3.63, 3.8) is 0 Å². The van der Waals surface area contributed by atoms with Crippen molar-refractivity contribution in [2.75, 3.05) is 17.4 Å². The molecule has 2 aromatic carbocycles. The van der Waals surface area contributed by atoms with Crippen LogP contribution in [0.3, 0.4) is 0 Å². The summed E-state index contributed by atoms with van der Waals surface area (Å²) in [5, 5.41) is 31.4. The molecule has 12 heteroatoms. The Hall–Kier alpha value is -4.16. The summed E-state index contributed by atoms with van der Waals surface area (Å²) in [6, 6.07) is 13.8. The Balaban J connectivity index is 1.38. The van der Waals surface area contributed by atoms with E-state index in [2.05, 4.69) is 63.3 Å². The molecular weight excluding hydrogens is 600 g/mol. The zero-order chi connectivity index (χ0) is 34.2. The molecule has 0 spiro atoms. The van der Waals surface area contributed by atoms with Gasteiger partial charge in [0.15, 0.2) is 0 Å². The normalized spacial score (nSPS) is 20.3. The molecule has 1 aliphatic heterocycles. The number of hydrazine groups is 1. The number of hydrogen-bond donors (Lipinski definition) is 8. The van der Waals surface area contributed by atoms with Crippen molar-refractivity contribution in [2.45, 2.75) is 115 Å². The van der Waals surface area contributed by atoms with E-state index in [0.717, 1.165) is 37.1 Å². The lowest BCUT2D eigenvalue weighted by Crippen LogP contribution is -2.58. The van der Waals surface area contributed by atoms with E-state index in [-0.39, 0.29) is 50.1 Å². The lowest BCUT2D eigenvalue weighted by molar-refractivity contribution is -0.135. The largest absolute Gasteiger partial charge is 0.393 e. The molecule has 47 heavy (non-hydrogen) atoms. The molecule has 1 heterocycles. The predicted octanol–water partition coefficient (Wildman–Crippen LogP) is 2.83. The molecule has 0 aromatic heterocycles. The van der Waals surface area contributed by atoms with Crippen LogP contribution in [-0.4, -0.2) is 70.7 Å². The van der Waals surface area contributed by atoms with Crippen LogP contribution in [0.5, 0.6) is 0 Å². The van der Waals surface area contributed by atoms with Gasteiger partial charge in [-0.1, -0.05) is 42.7 Å². The van der Waals surface area contributed by atoms with Crippen LogP contribution >= 0.6 is 0 Å². The molecule has 1 aliphatic rings. The van der Waals surface area contributed by atoms with Crippen molar-refractivity contribution in [1.29, 1.82) is 0 Å². The van der Waals surface area contributed by atoms with Crippen LogP contribution in [-0.2, 0) is 25.6 Å². The van der Waals surface area contributed by atoms with Crippen LogP contribution < -0.4 is 32.1 Å². The summed E-state index contributed by atoms with van der Waals surface area (Å²) in [6.45, 7) is 5.46. The molecule has 5 atom stereocenters. The van der Waals surface area contributed by atoms with Gasteiger partial charge in [-0.25, -0.2) is 0 Å². The summed E-state index contributed by atoms with van der Waals surface area (Å²) in [7, 11) is 0. The fourth-order valence-electron chi connectivity index (χ4n) is 5.27. The molecule has 4 amide bonds. The number of anilines is 2. The van der Waals surface area contributed by atoms with Gasteiger partial charge in [-0.05, 0) is 82.7 Å². The van der Waals surface area contributed by atoms with Gasteiger partial charge >= 0.3 is 0 Å². The first kappa shape index (κ1) is 37.3. The lowest BCUT2D eigenvalue weighted by atomic mass is 10.0. The van der Waals surface area contributed by atoms with Crippen molar-refractivity contribution in [3.8, 4) is 0 Å². The number of amides is 4. The van der Waals surface area contributed by atoms with E-state index >= 15 is 0 Å². The van der Waals surface area contributed by atoms with E-state index in [1.165, 1.54) is 18.1 Å². The minimum absolute atomic E-state index is 0.0765. The topological polar surface area (TPSA) is 181 Å². The van der Waals surface area contributed by atoms with Crippen LogP contribution in [0, 0.1) is 6.92 Å². The third-order valence-corrected chi connectivity index (χ3v) is 8.19. The molecule has 3 rings (SSSR count). The molecular formula is C35H52N6O6. The zero-order valence-corrected chi connectivity index (χ0v) is 27.8. The molecule has 1 saturated heterocycles. The van der Waals surface area contributed by atoms with E-state index in [4.69, 9.17) is 0 Å². The smallest absolute Gasteiger partial charge is 0.245 e. The SMILES string of the molecule is Cc1ccc(NNc2ccc(CCCCCCC(=O)N[C@H](C(=O)N[C@H]3C[C@@H](O)CCNC(=O)CC[C@H](C)NC3=O)[C@@H](C)O)cc2)cc1. The number of nitrogens with one attached hydrogen (secondary N) is 6. The fraction of sp³-hybridized carbons (Fsp3) is 0.543. The quantitative estimate of drug-likeness (QED) is 0.113. The van der Waals surface area contributed by atoms with Crippen molar-refractivity contribution >= 4 is 35.0 Å². The molecule has 0 aliphatic carbocycles. The summed E-state index contributed by atoms with van der Waals surface area (Å²) >= 11 is 0. The first-order chi connectivity index (χ1) is 22.5. The highest BCUT2D eigenvalue weighted by atomic mass is 16.3. The molecule has 0 saturated carbocycles. The van der Waals surface area contributed by atoms with Crippen LogP contribution in [0.4, 0.5) is 11.4 Å². The number of rotatable bonds is 14. The van der Waals surface area contributed by atoms with Gasteiger partial charge in [-0.15, -0.1) is 0 Å². The van der Waals surface area contributed by atoms with Gasteiger partial charge in [-0.3, -0.25) is 19.2 Å². The molecule has 12 nitrogen and oxygen atoms in total. The van der Waals surface area contributed by atoms with Crippen molar-refractivity contribution < 1.29 is 29.4 Å². The van der Waals surface area contributed by atoms with E-state index in [0.29, 0.717) is 12.8 Å². The Morgan fingerprint density at radius 2 is 1.57 bits per heavy atom. The van der Waals surface area contributed by atoms with Crippen molar-refractivity contribution in [3.05, 3.63) is 59.7 Å². The van der Waals surface area contributed by atoms with Gasteiger partial charge in [0.05, 0.1) is 23.6 Å². The van der Waals surface area contributed by atoms with Gasteiger partial charge < -0.3 is 42.3 Å². The number of aryl methyl sites for hydroxylation is 2. The number of unbranched alkanes of at least 4 members (excludes halogenated alkanes) is 3. The second-order valence-electron chi connectivity index (χ2n) is 12.6. The summed E-state index contributed by atoms with van der Waals surface area (Å²) < 4.78 is 0. The predicted molar refractivity (Wildman–Crippen MR) is 182 cm³/mol. The maximum absolute atomic E-state index is 13.1. The molecule has 8 N–H and O–H groups in total. The van der Waals surface area contributed by atoms with Gasteiger partial charge in [0, 0.05) is 31.8 Å². The van der Waals surface area contributed by atoms with Crippen LogP contribution in [0.2, 0.25) is 0 Å². The van der Waals surface area contributed by atoms with E-state index in [1.54, 1.807) is 6.92 Å². The Bertz CT molecular complexity index is 1290. The number of aliphatic hydroxyl groups is 2. The third-order valence-electron chi connectivity index (χ3n) is 8.19. The number of aliphatic hydroxyl groups excluding tert-OH is 2. The van der Waals surface area contributed by atoms with Crippen molar-refractivity contribution in [2.24, 2.45) is 0 Å². The summed E-state index contributed by atoms with van der Waals surface area (Å²) in [5.41, 5.74) is 10.8. The highest BCUT2D eigenvalue weighted by molar-refractivity contribution is 5.92. The first-order valence-corrected chi connectivity index (χ1v) is 16.7. The van der Waals surface area contributed by atoms with Crippen LogP contribution in [0.25, 0.3) is 0 Å². The molecule has 258 valence electrons. The minimum atomic E-state index is -1.25. The highest BCUT2D eigenvalue weighted by Crippen LogP contribution is 2.15. The molecule has 2 aromatic rings. The zero-order valence-electron chi connectivity index (χ0n) is 27.8. The monoisotopic (exact) mass is 652 g/mol. The Morgan fingerprint density at radius 3 is 2.23 bits per heavy atom. The molecule has 1 fully saturated rings. The average molecular weight is 653 g/mol. The average Bonchev–Trinajstić information content (AvgIpc) is 3.03. The second kappa shape index (κ2) is 19.5. The lowest BCUT2D eigenvalue weighted by Gasteiger charge is -2.27. The molecule has 0 bridgehead atoms. The Morgan fingerprint density at radius 1 is 0.936 bits per heavy atom. The Kier molecular flexibility index (Phi) is 15.5. The number of benzene rings is 2. The van der Waals surface area contributed by atoms with Gasteiger partial charge in [-0.2, -0.15) is 0 Å². The third kappa shape index (κ3) is 14.0. The Labute approximate surface area is 277 Å². The summed E-state index contributed by atoms with van der Waals surface area (Å²) in [5.74, 6) is -1.72. The van der Waals surface area contributed by atoms with Gasteiger partial charge in [0.1, 0.15) is 12.1 Å². The van der Waals surface area contributed by atoms with E-state index in [9.17, 15) is 29.4 Å². The van der Waals surface area contributed by atoms with E-state index in [1.807, 2.05) is 24.3 Å². The van der Waals surface area contributed by atoms with Gasteiger partial charge in [0.2, 0.25) is 23.6 Å². The van der Waals surface area contributed by atoms with E-state index < -0.39 is 36.1 Å². The first-order valence-electron chi connectivity index (χ1n) is 16.7. The van der Waals surface area contributed by atoms with Crippen LogP contribution in [0.15, 0.2) is 48.5 Å². The van der Waals surface area contributed by atoms with Gasteiger partial charge in [0.25, 0.3) is 0 Å². The maximum Gasteiger partial charge on any atom is 0.245 e. The highest BCUT2D eigenvalue weighted by Gasteiger charge is 2.31. The maximum atomic E-state index is 13.1. The number of hydrogen-bond acceptors (Lipinski definition) is 8. The molecule has 0 unspecified atom stereocenters. The standard InChI is InChI=1S/C35H52N6O6/c1-23-10-15-27(16-11-23)40-41-28-17-13-26(14-18-28)8-6-4-5-7-9-32(45)39-33(25(3)42)35(47)38-30-22-29(43)20-21-36-31(44)19-12-24(2)37-34(30)46/h10-11,13-18,24-25,29-30,33,40-43H,4-9,12,19-22H2,1-3H3,(H,36,44)(H,37,46)(H,38,47)(H,39,45)/t24-,25+,29-,30-,33-/m0/s1. The number of carbonyl (C=O) groups excluding carboxylic acids is 4. The van der Waals surface area contributed by atoms with Crippen molar-refractivity contribution in [1.82, 2.24) is 21.3 Å². The summed E-state index contributed by atoms with van der Waals surface area (Å²) in [6.07, 6.45) is 3.18. The molecule has 0 radical (unpaired) electrons.